The maximum Gasteiger partial charge on any atom is 0.310 e. The van der Waals surface area contributed by atoms with Crippen molar-refractivity contribution in [2.75, 3.05) is 13.7 Å². The Morgan fingerprint density at radius 3 is 2.49 bits per heavy atom. The highest BCUT2D eigenvalue weighted by atomic mass is 16.7. The lowest BCUT2D eigenvalue weighted by atomic mass is 10.0. The summed E-state index contributed by atoms with van der Waals surface area (Å²) >= 11 is 0. The minimum atomic E-state index is -0.915. The number of likely N-dealkylation sites (tertiary alicyclic amines) is 1. The van der Waals surface area contributed by atoms with Crippen LogP contribution in [0.2, 0.25) is 0 Å². The van der Waals surface area contributed by atoms with Gasteiger partial charge < -0.3 is 29.7 Å². The second kappa shape index (κ2) is 12.3. The summed E-state index contributed by atoms with van der Waals surface area (Å²) in [7, 11) is 1.58. The van der Waals surface area contributed by atoms with Crippen molar-refractivity contribution in [3.63, 3.8) is 0 Å². The van der Waals surface area contributed by atoms with E-state index in [1.807, 2.05) is 44.2 Å². The minimum Gasteiger partial charge on any atom is -0.496 e. The van der Waals surface area contributed by atoms with Gasteiger partial charge in [0.25, 0.3) is 5.91 Å². The molecule has 4 atom stereocenters. The first-order valence-electron chi connectivity index (χ1n) is 13.1. The molecule has 10 heteroatoms. The first kappa shape index (κ1) is 28.1. The zero-order chi connectivity index (χ0) is 28.1. The molecule has 0 radical (unpaired) electrons. The molecular weight excluding hydrogens is 502 g/mol. The molecule has 0 bridgehead atoms. The largest absolute Gasteiger partial charge is 0.496 e. The van der Waals surface area contributed by atoms with Crippen molar-refractivity contribution in [2.24, 2.45) is 0 Å². The highest BCUT2D eigenvalue weighted by Crippen LogP contribution is 2.25. The van der Waals surface area contributed by atoms with Gasteiger partial charge in [-0.25, -0.2) is 0 Å². The highest BCUT2D eigenvalue weighted by Gasteiger charge is 2.41. The average Bonchev–Trinajstić information content (AvgIpc) is 3.53. The maximum atomic E-state index is 13.3. The van der Waals surface area contributed by atoms with Gasteiger partial charge in [-0.05, 0) is 62.4 Å². The predicted molar refractivity (Wildman–Crippen MR) is 142 cm³/mol. The lowest BCUT2D eigenvalue weighted by molar-refractivity contribution is -0.168. The van der Waals surface area contributed by atoms with Crippen LogP contribution in [0.15, 0.2) is 42.5 Å². The molecule has 4 rings (SSSR count). The number of nitrogens with one attached hydrogen (secondary N) is 2. The smallest absolute Gasteiger partial charge is 0.310 e. The number of benzene rings is 2. The van der Waals surface area contributed by atoms with Crippen molar-refractivity contribution in [1.82, 2.24) is 15.5 Å². The standard InChI is InChI=1S/C29H35N3O7/c1-17-13-21(14-18(2)25(17)37-4)26(34)30-19(3)28(36)32-12-8-11-23(32)27(35)31-22-15-24(33)39-29(22)38-16-20-9-6-5-7-10-20/h5-7,9-10,13-14,19,22-23,29H,8,11-12,15-16H2,1-4H3,(H,30,34)(H,31,35)/t19-,22-,23?,29?/m0/s1. The molecule has 2 heterocycles. The third-order valence-electron chi connectivity index (χ3n) is 7.03. The van der Waals surface area contributed by atoms with Crippen LogP contribution in [-0.4, -0.2) is 66.7 Å². The number of carbonyl (C=O) groups is 4. The fourth-order valence-electron chi connectivity index (χ4n) is 5.13. The first-order chi connectivity index (χ1) is 18.7. The molecule has 0 saturated carbocycles. The van der Waals surface area contributed by atoms with Gasteiger partial charge in [-0.1, -0.05) is 30.3 Å². The summed E-state index contributed by atoms with van der Waals surface area (Å²) < 4.78 is 16.4. The zero-order valence-electron chi connectivity index (χ0n) is 22.7. The Bertz CT molecular complexity index is 1210. The summed E-state index contributed by atoms with van der Waals surface area (Å²) in [6.45, 7) is 5.93. The van der Waals surface area contributed by atoms with Gasteiger partial charge in [-0.2, -0.15) is 0 Å². The number of esters is 1. The molecule has 2 aromatic rings. The Kier molecular flexibility index (Phi) is 8.86. The van der Waals surface area contributed by atoms with Crippen molar-refractivity contribution in [2.45, 2.75) is 71.1 Å². The van der Waals surface area contributed by atoms with Crippen LogP contribution < -0.4 is 15.4 Å². The number of cyclic esters (lactones) is 1. The van der Waals surface area contributed by atoms with Crippen molar-refractivity contribution < 1.29 is 33.4 Å². The molecule has 39 heavy (non-hydrogen) atoms. The molecule has 10 nitrogen and oxygen atoms in total. The van der Waals surface area contributed by atoms with Gasteiger partial charge in [-0.3, -0.25) is 19.2 Å². The Morgan fingerprint density at radius 2 is 1.82 bits per heavy atom. The van der Waals surface area contributed by atoms with Crippen molar-refractivity contribution in [1.29, 1.82) is 0 Å². The van der Waals surface area contributed by atoms with Crippen LogP contribution in [0.4, 0.5) is 0 Å². The van der Waals surface area contributed by atoms with Crippen LogP contribution in [0.5, 0.6) is 5.75 Å². The fraction of sp³-hybridized carbons (Fsp3) is 0.448. The third-order valence-corrected chi connectivity index (χ3v) is 7.03. The SMILES string of the molecule is COc1c(C)cc(C(=O)N[C@@H](C)C(=O)N2CCCC2C(=O)N[C@H]2CC(=O)OC2OCc2ccccc2)cc1C. The molecule has 2 N–H and O–H groups in total. The van der Waals surface area contributed by atoms with Crippen LogP contribution >= 0.6 is 0 Å². The quantitative estimate of drug-likeness (QED) is 0.471. The topological polar surface area (TPSA) is 123 Å². The van der Waals surface area contributed by atoms with Gasteiger partial charge in [0.2, 0.25) is 18.1 Å². The molecular formula is C29H35N3O7. The second-order valence-electron chi connectivity index (χ2n) is 10.0. The number of carbonyl (C=O) groups excluding carboxylic acids is 4. The molecule has 0 spiro atoms. The maximum absolute atomic E-state index is 13.3. The van der Waals surface area contributed by atoms with E-state index >= 15 is 0 Å². The number of amides is 3. The number of hydrogen-bond donors (Lipinski definition) is 2. The third kappa shape index (κ3) is 6.57. The van der Waals surface area contributed by atoms with E-state index < -0.39 is 30.4 Å². The first-order valence-corrected chi connectivity index (χ1v) is 13.1. The summed E-state index contributed by atoms with van der Waals surface area (Å²) in [5.41, 5.74) is 2.97. The summed E-state index contributed by atoms with van der Waals surface area (Å²) in [4.78, 5) is 52.9. The van der Waals surface area contributed by atoms with Gasteiger partial charge in [0.15, 0.2) is 0 Å². The van der Waals surface area contributed by atoms with E-state index in [0.29, 0.717) is 30.7 Å². The van der Waals surface area contributed by atoms with Gasteiger partial charge in [-0.15, -0.1) is 0 Å². The van der Waals surface area contributed by atoms with Crippen LogP contribution in [0.1, 0.15) is 53.2 Å². The highest BCUT2D eigenvalue weighted by molar-refractivity contribution is 5.99. The van der Waals surface area contributed by atoms with E-state index in [0.717, 1.165) is 16.7 Å². The van der Waals surface area contributed by atoms with Gasteiger partial charge >= 0.3 is 5.97 Å². The molecule has 2 aliphatic heterocycles. The summed E-state index contributed by atoms with van der Waals surface area (Å²) in [5, 5.41) is 5.60. The normalized spacial score (nSPS) is 21.3. The molecule has 3 amide bonds. The number of ether oxygens (including phenoxy) is 3. The lowest BCUT2D eigenvalue weighted by Crippen LogP contribution is -2.54. The predicted octanol–water partition coefficient (Wildman–Crippen LogP) is 2.40. The number of nitrogens with zero attached hydrogens (tertiary/aromatic N) is 1. The average molecular weight is 538 g/mol. The number of hydrogen-bond acceptors (Lipinski definition) is 7. The Labute approximate surface area is 228 Å². The van der Waals surface area contributed by atoms with E-state index in [2.05, 4.69) is 10.6 Å². The Morgan fingerprint density at radius 1 is 1.13 bits per heavy atom. The number of rotatable bonds is 9. The molecule has 2 fully saturated rings. The van der Waals surface area contributed by atoms with E-state index in [-0.39, 0.29) is 30.7 Å². The molecule has 2 unspecified atom stereocenters. The molecule has 2 saturated heterocycles. The van der Waals surface area contributed by atoms with Crippen LogP contribution in [0, 0.1) is 13.8 Å². The van der Waals surface area contributed by atoms with Crippen molar-refractivity contribution in [3.05, 3.63) is 64.7 Å². The van der Waals surface area contributed by atoms with Gasteiger partial charge in [0.1, 0.15) is 23.9 Å². The summed E-state index contributed by atoms with van der Waals surface area (Å²) in [6.07, 6.45) is 0.197. The summed E-state index contributed by atoms with van der Waals surface area (Å²) in [5.74, 6) is -0.859. The van der Waals surface area contributed by atoms with Crippen LogP contribution in [-0.2, 0) is 30.5 Å². The monoisotopic (exact) mass is 537 g/mol. The van der Waals surface area contributed by atoms with Gasteiger partial charge in [0.05, 0.1) is 20.1 Å². The number of methoxy groups -OCH3 is 1. The second-order valence-corrected chi connectivity index (χ2v) is 10.0. The van der Waals surface area contributed by atoms with E-state index in [1.54, 1.807) is 26.2 Å². The molecule has 0 aliphatic carbocycles. The Hall–Kier alpha value is -3.92. The lowest BCUT2D eigenvalue weighted by Gasteiger charge is -2.28. The van der Waals surface area contributed by atoms with Gasteiger partial charge in [0, 0.05) is 12.1 Å². The van der Waals surface area contributed by atoms with E-state index in [1.165, 1.54) is 4.90 Å². The van der Waals surface area contributed by atoms with Crippen molar-refractivity contribution >= 4 is 23.7 Å². The Balaban J connectivity index is 1.36. The summed E-state index contributed by atoms with van der Waals surface area (Å²) in [6, 6.07) is 10.7. The molecule has 208 valence electrons. The minimum absolute atomic E-state index is 0.0149. The molecule has 2 aromatic carbocycles. The van der Waals surface area contributed by atoms with Crippen LogP contribution in [0.3, 0.4) is 0 Å². The molecule has 0 aromatic heterocycles. The zero-order valence-corrected chi connectivity index (χ0v) is 22.7. The fourth-order valence-corrected chi connectivity index (χ4v) is 5.13. The van der Waals surface area contributed by atoms with E-state index in [4.69, 9.17) is 14.2 Å². The number of aryl methyl sites for hydroxylation is 2. The molecule has 2 aliphatic rings. The van der Waals surface area contributed by atoms with Crippen molar-refractivity contribution in [3.8, 4) is 5.75 Å². The van der Waals surface area contributed by atoms with E-state index in [9.17, 15) is 19.2 Å². The van der Waals surface area contributed by atoms with Crippen LogP contribution in [0.25, 0.3) is 0 Å².